The Labute approximate surface area is 104 Å². The fraction of sp³-hybridized carbons (Fsp3) is 0.0714. The van der Waals surface area contributed by atoms with Gasteiger partial charge in [-0.1, -0.05) is 24.3 Å². The van der Waals surface area contributed by atoms with Crippen molar-refractivity contribution < 1.29 is 19.4 Å². The van der Waals surface area contributed by atoms with Gasteiger partial charge in [-0.2, -0.15) is 0 Å². The maximum atomic E-state index is 11.0. The summed E-state index contributed by atoms with van der Waals surface area (Å²) in [5.74, 6) is 0.168. The number of carboxylic acids is 1. The van der Waals surface area contributed by atoms with E-state index in [1.165, 1.54) is 13.2 Å². The zero-order valence-electron chi connectivity index (χ0n) is 9.79. The molecule has 0 heterocycles. The monoisotopic (exact) mass is 244 g/mol. The average molecular weight is 244 g/mol. The van der Waals surface area contributed by atoms with Gasteiger partial charge in [0.2, 0.25) is 0 Å². The van der Waals surface area contributed by atoms with E-state index in [0.29, 0.717) is 11.5 Å². The number of methoxy groups -OCH3 is 1. The van der Waals surface area contributed by atoms with Crippen LogP contribution < -0.4 is 9.47 Å². The number of hydrogen-bond acceptors (Lipinski definition) is 3. The van der Waals surface area contributed by atoms with Crippen molar-refractivity contribution in [2.75, 3.05) is 7.11 Å². The van der Waals surface area contributed by atoms with Gasteiger partial charge >= 0.3 is 5.97 Å². The molecule has 4 heteroatoms. The molecular formula is C14H12O4. The van der Waals surface area contributed by atoms with E-state index >= 15 is 0 Å². The average Bonchev–Trinajstić information content (AvgIpc) is 2.39. The molecule has 0 unspecified atom stereocenters. The molecule has 1 N–H and O–H groups in total. The van der Waals surface area contributed by atoms with Crippen molar-refractivity contribution in [1.82, 2.24) is 0 Å². The van der Waals surface area contributed by atoms with E-state index in [9.17, 15) is 4.79 Å². The molecule has 0 aliphatic rings. The van der Waals surface area contributed by atoms with Crippen molar-refractivity contribution in [2.24, 2.45) is 0 Å². The van der Waals surface area contributed by atoms with Gasteiger partial charge in [-0.15, -0.1) is 0 Å². The topological polar surface area (TPSA) is 55.8 Å². The van der Waals surface area contributed by atoms with Gasteiger partial charge < -0.3 is 14.6 Å². The second-order valence-corrected chi connectivity index (χ2v) is 3.56. The first-order chi connectivity index (χ1) is 8.72. The highest BCUT2D eigenvalue weighted by molar-refractivity contribution is 5.92. The molecule has 0 aromatic heterocycles. The fourth-order valence-electron chi connectivity index (χ4n) is 1.59. The molecule has 92 valence electrons. The van der Waals surface area contributed by atoms with Crippen molar-refractivity contribution in [3.05, 3.63) is 54.1 Å². The van der Waals surface area contributed by atoms with Gasteiger partial charge in [-0.3, -0.25) is 0 Å². The van der Waals surface area contributed by atoms with Gasteiger partial charge in [0.1, 0.15) is 11.3 Å². The third-order valence-corrected chi connectivity index (χ3v) is 2.38. The van der Waals surface area contributed by atoms with E-state index in [-0.39, 0.29) is 11.3 Å². The van der Waals surface area contributed by atoms with Crippen LogP contribution in [0.25, 0.3) is 0 Å². The summed E-state index contributed by atoms with van der Waals surface area (Å²) in [5.41, 5.74) is 0.0749. The predicted octanol–water partition coefficient (Wildman–Crippen LogP) is 3.19. The SMILES string of the molecule is COc1c(Oc2ccccc2)cccc1C(=O)O. The zero-order valence-corrected chi connectivity index (χ0v) is 9.79. The lowest BCUT2D eigenvalue weighted by atomic mass is 10.2. The minimum atomic E-state index is -1.05. The van der Waals surface area contributed by atoms with Crippen LogP contribution in [0.2, 0.25) is 0 Å². The molecule has 0 radical (unpaired) electrons. The number of ether oxygens (including phenoxy) is 2. The number of carbonyl (C=O) groups is 1. The molecule has 0 amide bonds. The third-order valence-electron chi connectivity index (χ3n) is 2.38. The summed E-state index contributed by atoms with van der Waals surface area (Å²) in [6.07, 6.45) is 0. The Bertz CT molecular complexity index is 549. The number of para-hydroxylation sites is 2. The van der Waals surface area contributed by atoms with Gasteiger partial charge in [-0.25, -0.2) is 4.79 Å². The van der Waals surface area contributed by atoms with Crippen LogP contribution in [0.3, 0.4) is 0 Å². The molecule has 2 rings (SSSR count). The number of rotatable bonds is 4. The lowest BCUT2D eigenvalue weighted by Crippen LogP contribution is -2.01. The molecule has 2 aromatic rings. The summed E-state index contributed by atoms with van der Waals surface area (Å²) in [4.78, 5) is 11.0. The van der Waals surface area contributed by atoms with Crippen LogP contribution in [-0.4, -0.2) is 18.2 Å². The number of carboxylic acid groups (broad SMARTS) is 1. The predicted molar refractivity (Wildman–Crippen MR) is 66.5 cm³/mol. The van der Waals surface area contributed by atoms with Crippen molar-refractivity contribution in [3.8, 4) is 17.2 Å². The molecule has 4 nitrogen and oxygen atoms in total. The van der Waals surface area contributed by atoms with Crippen LogP contribution in [0.15, 0.2) is 48.5 Å². The lowest BCUT2D eigenvalue weighted by Gasteiger charge is -2.12. The maximum Gasteiger partial charge on any atom is 0.339 e. The highest BCUT2D eigenvalue weighted by Gasteiger charge is 2.15. The highest BCUT2D eigenvalue weighted by Crippen LogP contribution is 2.34. The molecule has 0 atom stereocenters. The van der Waals surface area contributed by atoms with Crippen LogP contribution in [-0.2, 0) is 0 Å². The second kappa shape index (κ2) is 5.23. The largest absolute Gasteiger partial charge is 0.492 e. The van der Waals surface area contributed by atoms with Gasteiger partial charge in [0.25, 0.3) is 0 Å². The molecule has 0 spiro atoms. The van der Waals surface area contributed by atoms with E-state index < -0.39 is 5.97 Å². The zero-order chi connectivity index (χ0) is 13.0. The Morgan fingerprint density at radius 2 is 1.78 bits per heavy atom. The Morgan fingerprint density at radius 1 is 1.06 bits per heavy atom. The normalized spacial score (nSPS) is 9.83. The smallest absolute Gasteiger partial charge is 0.339 e. The summed E-state index contributed by atoms with van der Waals surface area (Å²) in [6.45, 7) is 0. The third kappa shape index (κ3) is 2.43. The Balaban J connectivity index is 2.39. The molecule has 18 heavy (non-hydrogen) atoms. The standard InChI is InChI=1S/C14H12O4/c1-17-13-11(14(15)16)8-5-9-12(13)18-10-6-3-2-4-7-10/h2-9H,1H3,(H,15,16). The fourth-order valence-corrected chi connectivity index (χ4v) is 1.59. The van der Waals surface area contributed by atoms with E-state index in [2.05, 4.69) is 0 Å². The first-order valence-corrected chi connectivity index (χ1v) is 5.35. The number of benzene rings is 2. The highest BCUT2D eigenvalue weighted by atomic mass is 16.5. The van der Waals surface area contributed by atoms with E-state index in [4.69, 9.17) is 14.6 Å². The maximum absolute atomic E-state index is 11.0. The van der Waals surface area contributed by atoms with Crippen LogP contribution in [0, 0.1) is 0 Å². The van der Waals surface area contributed by atoms with Crippen molar-refractivity contribution >= 4 is 5.97 Å². The minimum Gasteiger partial charge on any atom is -0.492 e. The van der Waals surface area contributed by atoms with Crippen molar-refractivity contribution in [3.63, 3.8) is 0 Å². The Kier molecular flexibility index (Phi) is 3.48. The Morgan fingerprint density at radius 3 is 2.39 bits per heavy atom. The van der Waals surface area contributed by atoms with Gasteiger partial charge in [0.15, 0.2) is 11.5 Å². The van der Waals surface area contributed by atoms with Gasteiger partial charge in [0.05, 0.1) is 7.11 Å². The lowest BCUT2D eigenvalue weighted by molar-refractivity contribution is 0.0692. The molecular weight excluding hydrogens is 232 g/mol. The van der Waals surface area contributed by atoms with Crippen LogP contribution in [0.4, 0.5) is 0 Å². The molecule has 0 aliphatic heterocycles. The van der Waals surface area contributed by atoms with Crippen LogP contribution >= 0.6 is 0 Å². The first-order valence-electron chi connectivity index (χ1n) is 5.35. The van der Waals surface area contributed by atoms with E-state index in [1.807, 2.05) is 18.2 Å². The molecule has 2 aromatic carbocycles. The number of hydrogen-bond donors (Lipinski definition) is 1. The summed E-state index contributed by atoms with van der Waals surface area (Å²) in [7, 11) is 1.42. The summed E-state index contributed by atoms with van der Waals surface area (Å²) in [6, 6.07) is 13.9. The Hall–Kier alpha value is -2.49. The first kappa shape index (κ1) is 12.0. The van der Waals surface area contributed by atoms with Crippen molar-refractivity contribution in [2.45, 2.75) is 0 Å². The summed E-state index contributed by atoms with van der Waals surface area (Å²) in [5, 5.41) is 9.05. The summed E-state index contributed by atoms with van der Waals surface area (Å²) < 4.78 is 10.7. The van der Waals surface area contributed by atoms with Gasteiger partial charge in [-0.05, 0) is 24.3 Å². The summed E-state index contributed by atoms with van der Waals surface area (Å²) >= 11 is 0. The van der Waals surface area contributed by atoms with Crippen LogP contribution in [0.1, 0.15) is 10.4 Å². The molecule has 0 bridgehead atoms. The van der Waals surface area contributed by atoms with E-state index in [1.54, 1.807) is 24.3 Å². The quantitative estimate of drug-likeness (QED) is 0.897. The molecule has 0 aliphatic carbocycles. The van der Waals surface area contributed by atoms with Gasteiger partial charge in [0, 0.05) is 0 Å². The molecule has 0 fully saturated rings. The number of aromatic carboxylic acids is 1. The van der Waals surface area contributed by atoms with Crippen molar-refractivity contribution in [1.29, 1.82) is 0 Å². The van der Waals surface area contributed by atoms with E-state index in [0.717, 1.165) is 0 Å². The molecule has 0 saturated carbocycles. The molecule has 0 saturated heterocycles. The van der Waals surface area contributed by atoms with Crippen LogP contribution in [0.5, 0.6) is 17.2 Å². The minimum absolute atomic E-state index is 0.0749. The second-order valence-electron chi connectivity index (χ2n) is 3.56.